The van der Waals surface area contributed by atoms with Crippen molar-refractivity contribution >= 4 is 22.1 Å². The molecule has 0 unspecified atom stereocenters. The van der Waals surface area contributed by atoms with Gasteiger partial charge in [-0.25, -0.2) is 18.1 Å². The molecular formula is C15H21N3O3S. The van der Waals surface area contributed by atoms with Gasteiger partial charge in [-0.3, -0.25) is 4.79 Å². The van der Waals surface area contributed by atoms with Crippen LogP contribution in [0.5, 0.6) is 0 Å². The van der Waals surface area contributed by atoms with E-state index in [0.717, 1.165) is 11.1 Å². The van der Waals surface area contributed by atoms with Gasteiger partial charge in [0, 0.05) is 13.1 Å². The summed E-state index contributed by atoms with van der Waals surface area (Å²) in [4.78, 5) is 12.1. The first-order valence-corrected chi connectivity index (χ1v) is 9.06. The quantitative estimate of drug-likeness (QED) is 0.666. The first-order chi connectivity index (χ1) is 10.4. The second kappa shape index (κ2) is 7.02. The van der Waals surface area contributed by atoms with Gasteiger partial charge in [0.15, 0.2) is 0 Å². The summed E-state index contributed by atoms with van der Waals surface area (Å²) in [7, 11) is -3.25. The monoisotopic (exact) mass is 323 g/mol. The molecule has 1 aliphatic rings. The Morgan fingerprint density at radius 3 is 2.82 bits per heavy atom. The number of hydrazone groups is 1. The van der Waals surface area contributed by atoms with E-state index in [1.807, 2.05) is 31.2 Å². The predicted molar refractivity (Wildman–Crippen MR) is 86.1 cm³/mol. The molecule has 0 saturated carbocycles. The molecule has 1 N–H and O–H groups in total. The molecule has 1 aliphatic heterocycles. The number of hydrogen-bond acceptors (Lipinski definition) is 4. The van der Waals surface area contributed by atoms with Gasteiger partial charge in [-0.1, -0.05) is 24.3 Å². The number of piperidine rings is 1. The van der Waals surface area contributed by atoms with Crippen molar-refractivity contribution in [2.24, 2.45) is 11.0 Å². The summed E-state index contributed by atoms with van der Waals surface area (Å²) in [6.45, 7) is 2.67. The average molecular weight is 323 g/mol. The van der Waals surface area contributed by atoms with E-state index in [1.54, 1.807) is 6.21 Å². The second-order valence-electron chi connectivity index (χ2n) is 5.55. The Balaban J connectivity index is 1.94. The van der Waals surface area contributed by atoms with Crippen LogP contribution in [0.1, 0.15) is 24.0 Å². The number of carbonyl (C=O) groups is 1. The summed E-state index contributed by atoms with van der Waals surface area (Å²) in [5, 5.41) is 3.97. The van der Waals surface area contributed by atoms with E-state index in [0.29, 0.717) is 19.4 Å². The fourth-order valence-electron chi connectivity index (χ4n) is 2.45. The van der Waals surface area contributed by atoms with Crippen molar-refractivity contribution in [3.05, 3.63) is 35.4 Å². The van der Waals surface area contributed by atoms with Crippen molar-refractivity contribution in [2.75, 3.05) is 19.3 Å². The van der Waals surface area contributed by atoms with Crippen molar-refractivity contribution in [3.63, 3.8) is 0 Å². The number of nitrogens with one attached hydrogen (secondary N) is 1. The molecule has 6 nitrogen and oxygen atoms in total. The molecule has 1 aromatic rings. The molecule has 0 aromatic heterocycles. The van der Waals surface area contributed by atoms with Crippen LogP contribution in [0.4, 0.5) is 0 Å². The molecule has 1 saturated heterocycles. The third kappa shape index (κ3) is 4.38. The lowest BCUT2D eigenvalue weighted by molar-refractivity contribution is -0.126. The van der Waals surface area contributed by atoms with E-state index in [9.17, 15) is 13.2 Å². The Morgan fingerprint density at radius 2 is 2.14 bits per heavy atom. The molecule has 1 amide bonds. The number of benzene rings is 1. The largest absolute Gasteiger partial charge is 0.273 e. The van der Waals surface area contributed by atoms with Crippen molar-refractivity contribution in [3.8, 4) is 0 Å². The van der Waals surface area contributed by atoms with Crippen molar-refractivity contribution in [2.45, 2.75) is 19.8 Å². The molecule has 7 heteroatoms. The van der Waals surface area contributed by atoms with E-state index >= 15 is 0 Å². The summed E-state index contributed by atoms with van der Waals surface area (Å²) in [6, 6.07) is 7.72. The Bertz CT molecular complexity index is 670. The van der Waals surface area contributed by atoms with Gasteiger partial charge in [0.05, 0.1) is 18.4 Å². The lowest BCUT2D eigenvalue weighted by Crippen LogP contribution is -2.44. The zero-order valence-electron chi connectivity index (χ0n) is 12.8. The molecule has 0 radical (unpaired) electrons. The lowest BCUT2D eigenvalue weighted by atomic mass is 9.99. The van der Waals surface area contributed by atoms with E-state index in [-0.39, 0.29) is 18.4 Å². The fraction of sp³-hybridized carbons (Fsp3) is 0.467. The number of amides is 1. The third-order valence-electron chi connectivity index (χ3n) is 3.79. The van der Waals surface area contributed by atoms with Crippen LogP contribution in [0.15, 0.2) is 29.4 Å². The van der Waals surface area contributed by atoms with Crippen molar-refractivity contribution in [1.82, 2.24) is 9.73 Å². The minimum Gasteiger partial charge on any atom is -0.273 e. The van der Waals surface area contributed by atoms with Crippen LogP contribution >= 0.6 is 0 Å². The standard InChI is InChI=1S/C15H21N3O3S/c1-12-6-3-4-7-13(12)10-16-17-15(19)14-8-5-9-18(11-14)22(2,20)21/h3-4,6-7,10,14H,5,8-9,11H2,1-2H3,(H,17,19)/b16-10-/t14-/m0/s1. The van der Waals surface area contributed by atoms with Crippen LogP contribution in [0.3, 0.4) is 0 Å². The van der Waals surface area contributed by atoms with Gasteiger partial charge >= 0.3 is 0 Å². The highest BCUT2D eigenvalue weighted by Gasteiger charge is 2.29. The van der Waals surface area contributed by atoms with Crippen LogP contribution < -0.4 is 5.43 Å². The summed E-state index contributed by atoms with van der Waals surface area (Å²) >= 11 is 0. The highest BCUT2D eigenvalue weighted by Crippen LogP contribution is 2.18. The number of rotatable bonds is 4. The van der Waals surface area contributed by atoms with Crippen LogP contribution in [-0.4, -0.2) is 44.2 Å². The molecule has 22 heavy (non-hydrogen) atoms. The number of sulfonamides is 1. The Morgan fingerprint density at radius 1 is 1.41 bits per heavy atom. The van der Waals surface area contributed by atoms with E-state index < -0.39 is 10.0 Å². The molecule has 2 rings (SSSR count). The molecule has 1 atom stereocenters. The highest BCUT2D eigenvalue weighted by molar-refractivity contribution is 7.88. The molecule has 1 fully saturated rings. The van der Waals surface area contributed by atoms with Crippen molar-refractivity contribution < 1.29 is 13.2 Å². The van der Waals surface area contributed by atoms with Gasteiger partial charge in [0.2, 0.25) is 15.9 Å². The molecule has 120 valence electrons. The predicted octanol–water partition coefficient (Wildman–Crippen LogP) is 1.12. The van der Waals surface area contributed by atoms with E-state index in [4.69, 9.17) is 0 Å². The fourth-order valence-corrected chi connectivity index (χ4v) is 3.36. The summed E-state index contributed by atoms with van der Waals surface area (Å²) in [6.07, 6.45) is 4.14. The third-order valence-corrected chi connectivity index (χ3v) is 5.06. The van der Waals surface area contributed by atoms with Crippen LogP contribution in [0.2, 0.25) is 0 Å². The summed E-state index contributed by atoms with van der Waals surface area (Å²) in [5.74, 6) is -0.587. The van der Waals surface area contributed by atoms with Gasteiger partial charge < -0.3 is 0 Å². The van der Waals surface area contributed by atoms with Gasteiger partial charge in [0.1, 0.15) is 0 Å². The van der Waals surface area contributed by atoms with Gasteiger partial charge in [-0.2, -0.15) is 5.10 Å². The zero-order valence-corrected chi connectivity index (χ0v) is 13.6. The SMILES string of the molecule is Cc1ccccc1/C=N\NC(=O)[C@H]1CCCN(S(C)(=O)=O)C1. The van der Waals surface area contributed by atoms with Crippen LogP contribution in [0, 0.1) is 12.8 Å². The second-order valence-corrected chi connectivity index (χ2v) is 7.53. The minimum atomic E-state index is -3.25. The molecule has 0 aliphatic carbocycles. The summed E-state index contributed by atoms with van der Waals surface area (Å²) < 4.78 is 24.5. The van der Waals surface area contributed by atoms with Gasteiger partial charge in [-0.15, -0.1) is 0 Å². The Labute approximate surface area is 131 Å². The topological polar surface area (TPSA) is 78.8 Å². The van der Waals surface area contributed by atoms with Gasteiger partial charge in [-0.05, 0) is 30.9 Å². The average Bonchev–Trinajstić information content (AvgIpc) is 2.48. The van der Waals surface area contributed by atoms with E-state index in [1.165, 1.54) is 10.6 Å². The number of hydrogen-bond donors (Lipinski definition) is 1. The molecular weight excluding hydrogens is 302 g/mol. The van der Waals surface area contributed by atoms with Crippen LogP contribution in [-0.2, 0) is 14.8 Å². The lowest BCUT2D eigenvalue weighted by Gasteiger charge is -2.29. The first kappa shape index (κ1) is 16.6. The number of aryl methyl sites for hydroxylation is 1. The number of carbonyl (C=O) groups excluding carboxylic acids is 1. The normalized spacial score (nSPS) is 20.2. The summed E-state index contributed by atoms with van der Waals surface area (Å²) in [5.41, 5.74) is 4.51. The molecule has 1 aromatic carbocycles. The molecule has 0 spiro atoms. The van der Waals surface area contributed by atoms with Gasteiger partial charge in [0.25, 0.3) is 0 Å². The van der Waals surface area contributed by atoms with E-state index in [2.05, 4.69) is 10.5 Å². The number of nitrogens with zero attached hydrogens (tertiary/aromatic N) is 2. The Hall–Kier alpha value is -1.73. The maximum atomic E-state index is 12.1. The molecule has 1 heterocycles. The molecule has 0 bridgehead atoms. The van der Waals surface area contributed by atoms with Crippen LogP contribution in [0.25, 0.3) is 0 Å². The zero-order chi connectivity index (χ0) is 16.2. The van der Waals surface area contributed by atoms with Crippen molar-refractivity contribution in [1.29, 1.82) is 0 Å². The Kier molecular flexibility index (Phi) is 5.31. The first-order valence-electron chi connectivity index (χ1n) is 7.21. The highest BCUT2D eigenvalue weighted by atomic mass is 32.2. The maximum Gasteiger partial charge on any atom is 0.244 e. The maximum absolute atomic E-state index is 12.1. The minimum absolute atomic E-state index is 0.227. The smallest absolute Gasteiger partial charge is 0.244 e.